The van der Waals surface area contributed by atoms with E-state index in [0.29, 0.717) is 19.7 Å². The van der Waals surface area contributed by atoms with E-state index in [0.717, 1.165) is 11.4 Å². The zero-order valence-electron chi connectivity index (χ0n) is 11.3. The third kappa shape index (κ3) is 2.75. The fourth-order valence-corrected chi connectivity index (χ4v) is 1.79. The standard InChI is InChI=1S/C12H19N3O3/c1-12(2,3)18-11(16)15-5-6-17-10-9(8-15)7-13-14(10)4/h7H,5-6,8H2,1-4H3. The fraction of sp³-hybridized carbons (Fsp3) is 0.667. The van der Waals surface area contributed by atoms with Crippen LogP contribution in [0.4, 0.5) is 4.79 Å². The van der Waals surface area contributed by atoms with Crippen LogP contribution in [0.25, 0.3) is 0 Å². The summed E-state index contributed by atoms with van der Waals surface area (Å²) in [5.41, 5.74) is 0.419. The lowest BCUT2D eigenvalue weighted by molar-refractivity contribution is 0.0224. The van der Waals surface area contributed by atoms with Crippen molar-refractivity contribution in [3.05, 3.63) is 11.8 Å². The predicted molar refractivity (Wildman–Crippen MR) is 65.3 cm³/mol. The van der Waals surface area contributed by atoms with Crippen molar-refractivity contribution in [3.63, 3.8) is 0 Å². The number of nitrogens with zero attached hydrogens (tertiary/aromatic N) is 3. The van der Waals surface area contributed by atoms with Gasteiger partial charge in [-0.2, -0.15) is 5.10 Å². The van der Waals surface area contributed by atoms with E-state index in [-0.39, 0.29) is 6.09 Å². The topological polar surface area (TPSA) is 56.6 Å². The number of aromatic nitrogens is 2. The van der Waals surface area contributed by atoms with Crippen molar-refractivity contribution >= 4 is 6.09 Å². The highest BCUT2D eigenvalue weighted by molar-refractivity contribution is 5.68. The molecule has 0 fully saturated rings. The van der Waals surface area contributed by atoms with Gasteiger partial charge in [-0.25, -0.2) is 9.48 Å². The quantitative estimate of drug-likeness (QED) is 0.704. The van der Waals surface area contributed by atoms with Crippen LogP contribution >= 0.6 is 0 Å². The normalized spacial score (nSPS) is 15.7. The van der Waals surface area contributed by atoms with Crippen LogP contribution < -0.4 is 4.74 Å². The van der Waals surface area contributed by atoms with Crippen molar-refractivity contribution in [2.45, 2.75) is 32.9 Å². The first-order valence-corrected chi connectivity index (χ1v) is 5.98. The van der Waals surface area contributed by atoms with E-state index in [1.165, 1.54) is 0 Å². The lowest BCUT2D eigenvalue weighted by atomic mass is 10.2. The molecule has 0 saturated heterocycles. The van der Waals surface area contributed by atoms with Crippen molar-refractivity contribution in [1.82, 2.24) is 14.7 Å². The van der Waals surface area contributed by atoms with Crippen LogP contribution in [-0.4, -0.2) is 39.5 Å². The summed E-state index contributed by atoms with van der Waals surface area (Å²) in [6, 6.07) is 0. The number of hydrogen-bond donors (Lipinski definition) is 0. The molecule has 0 N–H and O–H groups in total. The van der Waals surface area contributed by atoms with E-state index in [1.54, 1.807) is 15.8 Å². The zero-order valence-corrected chi connectivity index (χ0v) is 11.3. The number of ether oxygens (including phenoxy) is 2. The molecule has 0 bridgehead atoms. The average molecular weight is 253 g/mol. The van der Waals surface area contributed by atoms with Crippen LogP contribution in [0, 0.1) is 0 Å². The summed E-state index contributed by atoms with van der Waals surface area (Å²) in [5.74, 6) is 0.723. The minimum absolute atomic E-state index is 0.317. The van der Waals surface area contributed by atoms with Crippen molar-refractivity contribution in [3.8, 4) is 5.88 Å². The van der Waals surface area contributed by atoms with Crippen LogP contribution in [0.1, 0.15) is 26.3 Å². The highest BCUT2D eigenvalue weighted by Gasteiger charge is 2.26. The van der Waals surface area contributed by atoms with Gasteiger partial charge in [-0.15, -0.1) is 0 Å². The monoisotopic (exact) mass is 253 g/mol. The second kappa shape index (κ2) is 4.51. The Balaban J connectivity index is 2.10. The van der Waals surface area contributed by atoms with E-state index in [9.17, 15) is 4.79 Å². The van der Waals surface area contributed by atoms with Gasteiger partial charge < -0.3 is 14.4 Å². The van der Waals surface area contributed by atoms with Crippen LogP contribution in [0.5, 0.6) is 5.88 Å². The summed E-state index contributed by atoms with van der Waals surface area (Å²) in [6.07, 6.45) is 1.40. The van der Waals surface area contributed by atoms with Gasteiger partial charge in [-0.05, 0) is 20.8 Å². The summed E-state index contributed by atoms with van der Waals surface area (Å²) in [7, 11) is 1.82. The van der Waals surface area contributed by atoms with Gasteiger partial charge in [0.05, 0.1) is 24.8 Å². The van der Waals surface area contributed by atoms with Gasteiger partial charge in [0.25, 0.3) is 0 Å². The van der Waals surface area contributed by atoms with E-state index in [2.05, 4.69) is 5.10 Å². The van der Waals surface area contributed by atoms with Crippen molar-refractivity contribution in [1.29, 1.82) is 0 Å². The predicted octanol–water partition coefficient (Wildman–Crippen LogP) is 1.55. The zero-order chi connectivity index (χ0) is 13.3. The molecular weight excluding hydrogens is 234 g/mol. The first kappa shape index (κ1) is 12.7. The lowest BCUT2D eigenvalue weighted by Crippen LogP contribution is -2.37. The lowest BCUT2D eigenvalue weighted by Gasteiger charge is -2.25. The molecule has 1 aromatic rings. The molecule has 2 heterocycles. The number of aryl methyl sites for hydroxylation is 1. The van der Waals surface area contributed by atoms with Crippen LogP contribution in [-0.2, 0) is 18.3 Å². The summed E-state index contributed by atoms with van der Waals surface area (Å²) in [4.78, 5) is 13.6. The Hall–Kier alpha value is -1.72. The molecule has 0 saturated carbocycles. The van der Waals surface area contributed by atoms with E-state index in [1.807, 2.05) is 27.8 Å². The molecule has 6 heteroatoms. The molecule has 0 unspecified atom stereocenters. The molecule has 18 heavy (non-hydrogen) atoms. The average Bonchev–Trinajstić information content (AvgIpc) is 2.49. The van der Waals surface area contributed by atoms with Gasteiger partial charge in [0, 0.05) is 7.05 Å². The highest BCUT2D eigenvalue weighted by Crippen LogP contribution is 2.22. The summed E-state index contributed by atoms with van der Waals surface area (Å²) >= 11 is 0. The molecular formula is C12H19N3O3. The Bertz CT molecular complexity index is 448. The molecule has 0 aromatic carbocycles. The van der Waals surface area contributed by atoms with Gasteiger partial charge in [-0.1, -0.05) is 0 Å². The Kier molecular flexibility index (Phi) is 3.19. The molecule has 2 rings (SSSR count). The second-order valence-corrected chi connectivity index (χ2v) is 5.35. The number of carbonyl (C=O) groups excluding carboxylic acids is 1. The molecule has 1 aliphatic rings. The van der Waals surface area contributed by atoms with Crippen LogP contribution in [0.15, 0.2) is 6.20 Å². The fourth-order valence-electron chi connectivity index (χ4n) is 1.79. The minimum Gasteiger partial charge on any atom is -0.476 e. The maximum absolute atomic E-state index is 12.0. The number of amides is 1. The maximum atomic E-state index is 12.0. The number of fused-ring (bicyclic) bond motifs is 1. The van der Waals surface area contributed by atoms with Gasteiger partial charge in [0.2, 0.25) is 5.88 Å². The summed E-state index contributed by atoms with van der Waals surface area (Å²) < 4.78 is 12.6. The largest absolute Gasteiger partial charge is 0.476 e. The molecule has 1 aromatic heterocycles. The van der Waals surface area contributed by atoms with Crippen LogP contribution in [0.3, 0.4) is 0 Å². The molecule has 100 valence electrons. The van der Waals surface area contributed by atoms with Crippen molar-refractivity contribution < 1.29 is 14.3 Å². The maximum Gasteiger partial charge on any atom is 0.410 e. The highest BCUT2D eigenvalue weighted by atomic mass is 16.6. The first-order valence-electron chi connectivity index (χ1n) is 5.98. The molecule has 1 amide bonds. The second-order valence-electron chi connectivity index (χ2n) is 5.35. The molecule has 0 spiro atoms. The van der Waals surface area contributed by atoms with E-state index >= 15 is 0 Å². The summed E-state index contributed by atoms with van der Waals surface area (Å²) in [5, 5.41) is 4.12. The minimum atomic E-state index is -0.484. The number of carbonyl (C=O) groups is 1. The van der Waals surface area contributed by atoms with E-state index < -0.39 is 5.60 Å². The summed E-state index contributed by atoms with van der Waals surface area (Å²) in [6.45, 7) is 7.01. The molecule has 1 aliphatic heterocycles. The molecule has 0 atom stereocenters. The first-order chi connectivity index (χ1) is 8.37. The van der Waals surface area contributed by atoms with Crippen molar-refractivity contribution in [2.24, 2.45) is 7.05 Å². The van der Waals surface area contributed by atoms with Gasteiger partial charge in [0.1, 0.15) is 12.2 Å². The Labute approximate surface area is 106 Å². The Morgan fingerprint density at radius 2 is 2.22 bits per heavy atom. The van der Waals surface area contributed by atoms with Crippen molar-refractivity contribution in [2.75, 3.05) is 13.2 Å². The van der Waals surface area contributed by atoms with E-state index in [4.69, 9.17) is 9.47 Å². The molecule has 0 radical (unpaired) electrons. The molecule has 6 nitrogen and oxygen atoms in total. The third-order valence-electron chi connectivity index (χ3n) is 2.57. The Morgan fingerprint density at radius 3 is 2.89 bits per heavy atom. The third-order valence-corrected chi connectivity index (χ3v) is 2.57. The number of hydrogen-bond acceptors (Lipinski definition) is 4. The van der Waals surface area contributed by atoms with Gasteiger partial charge in [-0.3, -0.25) is 0 Å². The number of rotatable bonds is 0. The Morgan fingerprint density at radius 1 is 1.50 bits per heavy atom. The molecule has 0 aliphatic carbocycles. The van der Waals surface area contributed by atoms with Gasteiger partial charge in [0.15, 0.2) is 0 Å². The van der Waals surface area contributed by atoms with Crippen LogP contribution in [0.2, 0.25) is 0 Å². The SMILES string of the molecule is Cn1ncc2c1OCCN(C(=O)OC(C)(C)C)C2. The van der Waals surface area contributed by atoms with Gasteiger partial charge >= 0.3 is 6.09 Å². The smallest absolute Gasteiger partial charge is 0.410 e.